The van der Waals surface area contributed by atoms with Crippen LogP contribution in [0, 0.1) is 0 Å². The van der Waals surface area contributed by atoms with E-state index in [1.54, 1.807) is 11.3 Å². The fourth-order valence-electron chi connectivity index (χ4n) is 5.10. The van der Waals surface area contributed by atoms with Gasteiger partial charge in [0.15, 0.2) is 0 Å². The Morgan fingerprint density at radius 2 is 0.844 bits per heavy atom. The lowest BCUT2D eigenvalue weighted by Crippen LogP contribution is -2.07. The number of benzene rings is 4. The molecule has 0 bridgehead atoms. The van der Waals surface area contributed by atoms with Crippen molar-refractivity contribution in [3.8, 4) is 45.3 Å². The Labute approximate surface area is 270 Å². The highest BCUT2D eigenvalue weighted by atomic mass is 32.1. The maximum absolute atomic E-state index is 6.11. The number of hydrogen-bond acceptors (Lipinski definition) is 8. The predicted octanol–water partition coefficient (Wildman–Crippen LogP) is 7.75. The van der Waals surface area contributed by atoms with E-state index in [0.717, 1.165) is 77.4 Å². The minimum Gasteiger partial charge on any atom is -0.493 e. The van der Waals surface area contributed by atoms with Crippen molar-refractivity contribution in [2.24, 2.45) is 17.2 Å². The number of ether oxygens (including phenoxy) is 4. The van der Waals surface area contributed by atoms with Gasteiger partial charge in [-0.05, 0) is 116 Å². The molecule has 0 atom stereocenters. The quantitative estimate of drug-likeness (QED) is 0.0851. The molecule has 0 saturated heterocycles. The molecule has 5 rings (SSSR count). The van der Waals surface area contributed by atoms with Crippen LogP contribution >= 0.6 is 11.3 Å². The molecule has 0 aliphatic rings. The Morgan fingerprint density at radius 3 is 1.20 bits per heavy atom. The molecule has 6 N–H and O–H groups in total. The van der Waals surface area contributed by atoms with Gasteiger partial charge in [0.1, 0.15) is 23.0 Å². The third-order valence-electron chi connectivity index (χ3n) is 7.51. The number of thiophene rings is 1. The van der Waals surface area contributed by atoms with Gasteiger partial charge in [0.25, 0.3) is 0 Å². The van der Waals surface area contributed by atoms with Gasteiger partial charge in [0.05, 0.1) is 26.4 Å². The zero-order valence-electron chi connectivity index (χ0n) is 26.2. The fourth-order valence-corrected chi connectivity index (χ4v) is 6.17. The minimum atomic E-state index is 0.559. The van der Waals surface area contributed by atoms with Crippen LogP contribution in [0.5, 0.6) is 23.0 Å². The third-order valence-corrected chi connectivity index (χ3v) is 8.67. The van der Waals surface area contributed by atoms with Crippen molar-refractivity contribution in [1.29, 1.82) is 0 Å². The largest absolute Gasteiger partial charge is 0.493 e. The molecular formula is C37H45N3O4S. The first-order valence-corrected chi connectivity index (χ1v) is 16.8. The molecule has 7 nitrogen and oxygen atoms in total. The van der Waals surface area contributed by atoms with E-state index in [1.165, 1.54) is 20.2 Å². The van der Waals surface area contributed by atoms with Gasteiger partial charge in [-0.15, -0.1) is 11.3 Å². The molecule has 0 radical (unpaired) electrons. The molecule has 8 heteroatoms. The van der Waals surface area contributed by atoms with Crippen LogP contribution in [0.3, 0.4) is 0 Å². The summed E-state index contributed by atoms with van der Waals surface area (Å²) in [5, 5.41) is 2.43. The molecule has 238 valence electrons. The lowest BCUT2D eigenvalue weighted by Gasteiger charge is -2.13. The van der Waals surface area contributed by atoms with Gasteiger partial charge in [-0.25, -0.2) is 0 Å². The van der Waals surface area contributed by atoms with Gasteiger partial charge < -0.3 is 36.1 Å². The maximum atomic E-state index is 6.11. The topological polar surface area (TPSA) is 115 Å². The average Bonchev–Trinajstić information content (AvgIpc) is 3.42. The number of hydrogen-bond donors (Lipinski definition) is 3. The van der Waals surface area contributed by atoms with Crippen LogP contribution in [0.15, 0.2) is 72.8 Å². The Morgan fingerprint density at radius 1 is 0.467 bits per heavy atom. The number of fused-ring (bicyclic) bond motifs is 3. The summed E-state index contributed by atoms with van der Waals surface area (Å²) in [6, 6.07) is 25.6. The Balaban J connectivity index is 1.51. The van der Waals surface area contributed by atoms with Crippen LogP contribution in [-0.4, -0.2) is 46.1 Å². The molecule has 0 spiro atoms. The van der Waals surface area contributed by atoms with Crippen molar-refractivity contribution in [3.63, 3.8) is 0 Å². The first-order chi connectivity index (χ1) is 22.1. The lowest BCUT2D eigenvalue weighted by molar-refractivity contribution is 0.296. The van der Waals surface area contributed by atoms with Crippen LogP contribution in [0.1, 0.15) is 39.0 Å². The van der Waals surface area contributed by atoms with Crippen LogP contribution in [0.4, 0.5) is 0 Å². The molecule has 0 unspecified atom stereocenters. The Hall–Kier alpha value is -3.82. The molecule has 0 aliphatic carbocycles. The molecule has 0 aliphatic heterocycles. The third kappa shape index (κ3) is 8.67. The number of unbranched alkanes of at least 4 members (excludes halogenated alkanes) is 1. The van der Waals surface area contributed by atoms with Gasteiger partial charge in [0, 0.05) is 32.3 Å². The second-order valence-corrected chi connectivity index (χ2v) is 12.2. The minimum absolute atomic E-state index is 0.559. The second-order valence-electron chi connectivity index (χ2n) is 11.1. The normalized spacial score (nSPS) is 11.3. The summed E-state index contributed by atoms with van der Waals surface area (Å²) in [4.78, 5) is 0. The molecule has 0 saturated carbocycles. The average molecular weight is 628 g/mol. The zero-order chi connectivity index (χ0) is 31.4. The molecular weight excluding hydrogens is 582 g/mol. The van der Waals surface area contributed by atoms with E-state index in [4.69, 9.17) is 36.1 Å². The molecule has 45 heavy (non-hydrogen) atoms. The first kappa shape index (κ1) is 32.6. The van der Waals surface area contributed by atoms with E-state index in [2.05, 4.69) is 67.6 Å². The van der Waals surface area contributed by atoms with E-state index >= 15 is 0 Å². The van der Waals surface area contributed by atoms with E-state index in [1.807, 2.05) is 12.1 Å². The van der Waals surface area contributed by atoms with E-state index in [9.17, 15) is 0 Å². The Kier molecular flexibility index (Phi) is 11.9. The molecule has 1 heterocycles. The van der Waals surface area contributed by atoms with E-state index in [0.29, 0.717) is 46.1 Å². The number of rotatable bonds is 18. The van der Waals surface area contributed by atoms with Crippen molar-refractivity contribution >= 4 is 31.5 Å². The van der Waals surface area contributed by atoms with E-state index in [-0.39, 0.29) is 0 Å². The summed E-state index contributed by atoms with van der Waals surface area (Å²) in [5.74, 6) is 3.15. The summed E-state index contributed by atoms with van der Waals surface area (Å²) in [6.45, 7) is 6.30. The maximum Gasteiger partial charge on any atom is 0.123 e. The first-order valence-electron chi connectivity index (χ1n) is 16.0. The Bertz CT molecular complexity index is 1510. The van der Waals surface area contributed by atoms with Gasteiger partial charge in [-0.2, -0.15) is 0 Å². The molecule has 1 aromatic heterocycles. The highest BCUT2D eigenvalue weighted by molar-refractivity contribution is 7.25. The predicted molar refractivity (Wildman–Crippen MR) is 188 cm³/mol. The van der Waals surface area contributed by atoms with Crippen LogP contribution < -0.4 is 36.1 Å². The SMILES string of the molecule is CCCCOc1cc(OCCCN)cc(-c2ccc3sc4ccc(-c5cc(OCCCN)cc(OCCCN)c5)cc4c3c2)c1. The summed E-state index contributed by atoms with van der Waals surface area (Å²) >= 11 is 1.80. The smallest absolute Gasteiger partial charge is 0.123 e. The van der Waals surface area contributed by atoms with Crippen LogP contribution in [0.2, 0.25) is 0 Å². The summed E-state index contributed by atoms with van der Waals surface area (Å²) < 4.78 is 26.7. The zero-order valence-corrected chi connectivity index (χ0v) is 27.0. The summed E-state index contributed by atoms with van der Waals surface area (Å²) in [7, 11) is 0. The molecule has 4 aromatic carbocycles. The molecule has 0 fully saturated rings. The molecule has 5 aromatic rings. The van der Waals surface area contributed by atoms with Gasteiger partial charge in [0.2, 0.25) is 0 Å². The number of nitrogens with two attached hydrogens (primary N) is 3. The highest BCUT2D eigenvalue weighted by Crippen LogP contribution is 2.40. The molecule has 0 amide bonds. The van der Waals surface area contributed by atoms with Crippen molar-refractivity contribution in [2.45, 2.75) is 39.0 Å². The van der Waals surface area contributed by atoms with Crippen molar-refractivity contribution in [2.75, 3.05) is 46.1 Å². The van der Waals surface area contributed by atoms with Crippen molar-refractivity contribution < 1.29 is 18.9 Å². The lowest BCUT2D eigenvalue weighted by atomic mass is 9.99. The van der Waals surface area contributed by atoms with Crippen molar-refractivity contribution in [1.82, 2.24) is 0 Å². The van der Waals surface area contributed by atoms with Crippen molar-refractivity contribution in [3.05, 3.63) is 72.8 Å². The standard InChI is InChI=1S/C37H45N3O4S/c1-2-3-14-41-30-18-28(19-31(24-30)42-15-4-11-38)26-7-9-36-34(22-26)35-23-27(8-10-37(35)45-36)29-20-32(43-16-5-12-39)25-33(21-29)44-17-6-13-40/h7-10,18-25H,2-6,11-17,38-40H2,1H3. The van der Waals surface area contributed by atoms with Gasteiger partial charge in [-0.1, -0.05) is 25.5 Å². The van der Waals surface area contributed by atoms with Crippen LogP contribution in [-0.2, 0) is 0 Å². The van der Waals surface area contributed by atoms with Gasteiger partial charge in [-0.3, -0.25) is 0 Å². The highest BCUT2D eigenvalue weighted by Gasteiger charge is 2.13. The summed E-state index contributed by atoms with van der Waals surface area (Å²) in [6.07, 6.45) is 4.47. The summed E-state index contributed by atoms with van der Waals surface area (Å²) in [5.41, 5.74) is 21.4. The second kappa shape index (κ2) is 16.5. The van der Waals surface area contributed by atoms with Crippen LogP contribution in [0.25, 0.3) is 42.4 Å². The van der Waals surface area contributed by atoms with E-state index < -0.39 is 0 Å². The van der Waals surface area contributed by atoms with Gasteiger partial charge >= 0.3 is 0 Å². The fraction of sp³-hybridized carbons (Fsp3) is 0.351. The monoisotopic (exact) mass is 627 g/mol.